The maximum atomic E-state index is 13.5. The smallest absolute Gasteiger partial charge is 0.435 e. The molecule has 0 aliphatic heterocycles. The number of anilines is 2. The summed E-state index contributed by atoms with van der Waals surface area (Å²) in [6, 6.07) is 10.8. The van der Waals surface area contributed by atoms with E-state index in [0.717, 1.165) is 16.9 Å². The molecule has 166 valence electrons. The zero-order valence-electron chi connectivity index (χ0n) is 17.2. The van der Waals surface area contributed by atoms with Crippen molar-refractivity contribution < 1.29 is 17.9 Å². The van der Waals surface area contributed by atoms with Gasteiger partial charge in [0.2, 0.25) is 5.88 Å². The average molecular weight is 461 g/mol. The van der Waals surface area contributed by atoms with Crippen LogP contribution in [0.15, 0.2) is 42.6 Å². The van der Waals surface area contributed by atoms with Gasteiger partial charge in [-0.15, -0.1) is 5.10 Å². The van der Waals surface area contributed by atoms with E-state index >= 15 is 0 Å². The van der Waals surface area contributed by atoms with Crippen molar-refractivity contribution >= 4 is 22.2 Å². The van der Waals surface area contributed by atoms with Crippen LogP contribution in [0.2, 0.25) is 0 Å². The van der Waals surface area contributed by atoms with Gasteiger partial charge in [0.25, 0.3) is 0 Å². The Balaban J connectivity index is 1.69. The molecule has 0 fully saturated rings. The molecule has 0 aliphatic rings. The zero-order chi connectivity index (χ0) is 22.9. The van der Waals surface area contributed by atoms with Crippen LogP contribution in [0.25, 0.3) is 10.7 Å². The quantitative estimate of drug-likeness (QED) is 0.401. The molecule has 1 aromatic carbocycles. The summed E-state index contributed by atoms with van der Waals surface area (Å²) in [4.78, 5) is 7.75. The summed E-state index contributed by atoms with van der Waals surface area (Å²) in [6.45, 7) is 6.17. The molecule has 0 radical (unpaired) electrons. The fraction of sp³-hybridized carbons (Fsp3) is 0.250. The van der Waals surface area contributed by atoms with Crippen LogP contribution in [0.3, 0.4) is 0 Å². The van der Waals surface area contributed by atoms with E-state index in [1.807, 2.05) is 24.3 Å². The predicted molar refractivity (Wildman–Crippen MR) is 113 cm³/mol. The number of nitrogens with zero attached hydrogens (tertiary/aromatic N) is 5. The van der Waals surface area contributed by atoms with Gasteiger partial charge in [-0.2, -0.15) is 13.2 Å². The number of tetrazole rings is 1. The molecule has 12 heteroatoms. The molecule has 32 heavy (non-hydrogen) atoms. The standard InChI is InChI=1S/C20H18F3N7OS/c1-19(2,3)11-7-4-5-9-13(11)31-17-12(8-6-10-24-17)25-18-26-15(20(21,22)23)14(32-18)16-27-29-30-28-16/h4-10H,1-3H3,(H,25,26)(H,27,28,29,30). The first kappa shape index (κ1) is 21.7. The lowest BCUT2D eigenvalue weighted by molar-refractivity contribution is -0.140. The summed E-state index contributed by atoms with van der Waals surface area (Å²) in [7, 11) is 0. The van der Waals surface area contributed by atoms with Gasteiger partial charge in [-0.25, -0.2) is 15.1 Å². The largest absolute Gasteiger partial charge is 0.437 e. The number of rotatable bonds is 5. The van der Waals surface area contributed by atoms with Crippen LogP contribution >= 0.6 is 11.3 Å². The average Bonchev–Trinajstić information content (AvgIpc) is 3.38. The van der Waals surface area contributed by atoms with Gasteiger partial charge in [-0.05, 0) is 34.0 Å². The molecule has 4 rings (SSSR count). The topological polar surface area (TPSA) is 102 Å². The number of halogens is 3. The molecular formula is C20H18F3N7OS. The normalized spacial score (nSPS) is 12.1. The summed E-state index contributed by atoms with van der Waals surface area (Å²) in [5, 5.41) is 15.5. The van der Waals surface area contributed by atoms with E-state index in [1.54, 1.807) is 12.1 Å². The fourth-order valence-electron chi connectivity index (χ4n) is 2.94. The summed E-state index contributed by atoms with van der Waals surface area (Å²) in [5.74, 6) is 0.686. The van der Waals surface area contributed by atoms with Crippen molar-refractivity contribution in [3.8, 4) is 22.3 Å². The Bertz CT molecular complexity index is 1220. The number of benzene rings is 1. The number of aromatic amines is 1. The predicted octanol–water partition coefficient (Wildman–Crippen LogP) is 5.57. The van der Waals surface area contributed by atoms with E-state index < -0.39 is 11.9 Å². The van der Waals surface area contributed by atoms with Crippen LogP contribution in [0, 0.1) is 0 Å². The van der Waals surface area contributed by atoms with Crippen LogP contribution < -0.4 is 10.1 Å². The van der Waals surface area contributed by atoms with Gasteiger partial charge >= 0.3 is 6.18 Å². The number of hydrogen-bond acceptors (Lipinski definition) is 8. The number of thiazole rings is 1. The first-order chi connectivity index (χ1) is 15.1. The lowest BCUT2D eigenvalue weighted by atomic mass is 9.86. The number of hydrogen-bond donors (Lipinski definition) is 2. The highest BCUT2D eigenvalue weighted by molar-refractivity contribution is 7.19. The second-order valence-corrected chi connectivity index (χ2v) is 8.77. The molecular weight excluding hydrogens is 443 g/mol. The zero-order valence-corrected chi connectivity index (χ0v) is 18.0. The van der Waals surface area contributed by atoms with Crippen molar-refractivity contribution in [2.45, 2.75) is 32.4 Å². The first-order valence-corrected chi connectivity index (χ1v) is 10.3. The van der Waals surface area contributed by atoms with E-state index in [4.69, 9.17) is 4.74 Å². The van der Waals surface area contributed by atoms with E-state index in [-0.39, 0.29) is 27.1 Å². The van der Waals surface area contributed by atoms with Crippen LogP contribution in [-0.2, 0) is 11.6 Å². The number of nitrogens with one attached hydrogen (secondary N) is 2. The highest BCUT2D eigenvalue weighted by Crippen LogP contribution is 2.42. The second kappa shape index (κ2) is 8.19. The maximum Gasteiger partial charge on any atom is 0.435 e. The van der Waals surface area contributed by atoms with Crippen molar-refractivity contribution in [3.05, 3.63) is 53.9 Å². The SMILES string of the molecule is CC(C)(C)c1ccccc1Oc1ncccc1Nc1nc(C(F)(F)F)c(-c2nnn[nH]2)s1. The minimum atomic E-state index is -4.68. The number of aromatic nitrogens is 6. The van der Waals surface area contributed by atoms with Crippen molar-refractivity contribution in [1.29, 1.82) is 0 Å². The van der Waals surface area contributed by atoms with Crippen LogP contribution in [-0.4, -0.2) is 30.6 Å². The third-order valence-corrected chi connectivity index (χ3v) is 5.35. The first-order valence-electron chi connectivity index (χ1n) is 9.44. The maximum absolute atomic E-state index is 13.5. The Hall–Kier alpha value is -3.54. The molecule has 0 saturated heterocycles. The summed E-state index contributed by atoms with van der Waals surface area (Å²) in [6.07, 6.45) is -3.15. The number of alkyl halides is 3. The molecule has 2 N–H and O–H groups in total. The Kier molecular flexibility index (Phi) is 5.55. The molecule has 3 aromatic heterocycles. The number of para-hydroxylation sites is 1. The molecule has 0 atom stereocenters. The van der Waals surface area contributed by atoms with Gasteiger partial charge in [-0.1, -0.05) is 50.3 Å². The van der Waals surface area contributed by atoms with Crippen molar-refractivity contribution in [2.24, 2.45) is 0 Å². The third-order valence-electron chi connectivity index (χ3n) is 4.37. The van der Waals surface area contributed by atoms with E-state index in [0.29, 0.717) is 11.4 Å². The second-order valence-electron chi connectivity index (χ2n) is 7.77. The summed E-state index contributed by atoms with van der Waals surface area (Å²) < 4.78 is 46.6. The van der Waals surface area contributed by atoms with Crippen molar-refractivity contribution in [2.75, 3.05) is 5.32 Å². The molecule has 0 unspecified atom stereocenters. The Labute approximate surface area is 184 Å². The lowest BCUT2D eigenvalue weighted by Crippen LogP contribution is -2.12. The highest BCUT2D eigenvalue weighted by atomic mass is 32.1. The van der Waals surface area contributed by atoms with Gasteiger partial charge in [0.1, 0.15) is 16.3 Å². The van der Waals surface area contributed by atoms with Gasteiger partial charge < -0.3 is 10.1 Å². The highest BCUT2D eigenvalue weighted by Gasteiger charge is 2.39. The number of pyridine rings is 1. The Morgan fingerprint density at radius 1 is 1.06 bits per heavy atom. The van der Waals surface area contributed by atoms with Gasteiger partial charge in [0, 0.05) is 11.8 Å². The van der Waals surface area contributed by atoms with Gasteiger partial charge in [0.15, 0.2) is 16.6 Å². The molecule has 4 aromatic rings. The fourth-order valence-corrected chi connectivity index (χ4v) is 3.88. The molecule has 0 spiro atoms. The van der Waals surface area contributed by atoms with Crippen LogP contribution in [0.1, 0.15) is 32.0 Å². The Morgan fingerprint density at radius 3 is 2.53 bits per heavy atom. The number of H-pyrrole nitrogens is 1. The van der Waals surface area contributed by atoms with Crippen LogP contribution in [0.4, 0.5) is 24.0 Å². The van der Waals surface area contributed by atoms with E-state index in [2.05, 4.69) is 56.7 Å². The minimum absolute atomic E-state index is 0.00863. The van der Waals surface area contributed by atoms with Crippen molar-refractivity contribution in [3.63, 3.8) is 0 Å². The molecule has 8 nitrogen and oxygen atoms in total. The van der Waals surface area contributed by atoms with E-state index in [9.17, 15) is 13.2 Å². The summed E-state index contributed by atoms with van der Waals surface area (Å²) in [5.41, 5.74) is 0.0508. The molecule has 0 bridgehead atoms. The number of ether oxygens (including phenoxy) is 1. The lowest BCUT2D eigenvalue weighted by Gasteiger charge is -2.22. The van der Waals surface area contributed by atoms with E-state index in [1.165, 1.54) is 6.20 Å². The molecule has 0 aliphatic carbocycles. The van der Waals surface area contributed by atoms with Crippen LogP contribution in [0.5, 0.6) is 11.6 Å². The Morgan fingerprint density at radius 2 is 1.84 bits per heavy atom. The summed E-state index contributed by atoms with van der Waals surface area (Å²) >= 11 is 0.762. The molecule has 3 heterocycles. The molecule has 0 saturated carbocycles. The van der Waals surface area contributed by atoms with Crippen molar-refractivity contribution in [1.82, 2.24) is 30.6 Å². The van der Waals surface area contributed by atoms with Gasteiger partial charge in [0.05, 0.1) is 0 Å². The third kappa shape index (κ3) is 4.54. The monoisotopic (exact) mass is 461 g/mol. The molecule has 0 amide bonds. The van der Waals surface area contributed by atoms with Gasteiger partial charge in [-0.3, -0.25) is 0 Å². The minimum Gasteiger partial charge on any atom is -0.437 e.